The Hall–Kier alpha value is -0.180. The number of hydrogen-bond acceptors (Lipinski definition) is 4. The van der Waals surface area contributed by atoms with Crippen molar-refractivity contribution < 1.29 is 9.46 Å². The summed E-state index contributed by atoms with van der Waals surface area (Å²) in [6.07, 6.45) is 4.27. The number of nitrogens with zero attached hydrogens (tertiary/aromatic N) is 1. The molecule has 0 radical (unpaired) electrons. The number of aryl methyl sites for hydroxylation is 2. The van der Waals surface area contributed by atoms with Gasteiger partial charge in [-0.3, -0.25) is 0 Å². The number of rotatable bonds is 1. The smallest absolute Gasteiger partial charge is 0.138 e. The maximum absolute atomic E-state index is 11.2. The molecule has 1 unspecified atom stereocenters. The summed E-state index contributed by atoms with van der Waals surface area (Å²) in [5.41, 5.74) is 1.02. The van der Waals surface area contributed by atoms with E-state index < -0.39 is 7.37 Å². The second-order valence-electron chi connectivity index (χ2n) is 3.42. The lowest BCUT2D eigenvalue weighted by Crippen LogP contribution is -2.13. The molecule has 0 aromatic carbocycles. The Morgan fingerprint density at radius 2 is 2.15 bits per heavy atom. The third-order valence-electron chi connectivity index (χ3n) is 2.18. The van der Waals surface area contributed by atoms with E-state index in [1.54, 1.807) is 0 Å². The molecule has 1 aliphatic carbocycles. The lowest BCUT2D eigenvalue weighted by molar-refractivity contribution is -0.169. The Morgan fingerprint density at radius 3 is 2.77 bits per heavy atom. The molecule has 1 aromatic heterocycles. The zero-order valence-electron chi connectivity index (χ0n) is 7.45. The minimum Gasteiger partial charge on any atom is -0.795 e. The number of fused-ring (bicyclic) bond motifs is 1. The molecule has 1 atom stereocenters. The summed E-state index contributed by atoms with van der Waals surface area (Å²) in [6, 6.07) is 0. The van der Waals surface area contributed by atoms with Crippen LogP contribution in [0.3, 0.4) is 0 Å². The van der Waals surface area contributed by atoms with Gasteiger partial charge in [0.25, 0.3) is 0 Å². The Morgan fingerprint density at radius 1 is 1.46 bits per heavy atom. The second-order valence-corrected chi connectivity index (χ2v) is 6.92. The molecule has 1 aromatic rings. The molecule has 1 aliphatic rings. The van der Waals surface area contributed by atoms with Gasteiger partial charge in [-0.15, -0.1) is 11.3 Å². The summed E-state index contributed by atoms with van der Waals surface area (Å²) in [7, 11) is -3.37. The molecule has 1 heterocycles. The summed E-state index contributed by atoms with van der Waals surface area (Å²) < 4.78 is 11.5. The first-order valence-corrected chi connectivity index (χ1v) is 7.24. The van der Waals surface area contributed by atoms with Crippen LogP contribution in [0.4, 0.5) is 0 Å². The average molecular weight is 216 g/mol. The standard InChI is InChI=1S/C8H12NO2PS/c1-12(10,11)8-9-6-4-2-3-5-7(6)13-8/h2-5H2,1H3,(H,10,11)/p-1. The molecule has 0 fully saturated rings. The SMILES string of the molecule is CP(=O)([O-])c1nc2c(s1)CCCC2. The molecule has 13 heavy (non-hydrogen) atoms. The fourth-order valence-corrected chi connectivity index (χ4v) is 3.70. The Balaban J connectivity index is 2.41. The van der Waals surface area contributed by atoms with E-state index in [9.17, 15) is 9.46 Å². The normalized spacial score (nSPS) is 20.8. The van der Waals surface area contributed by atoms with Crippen LogP contribution in [0.15, 0.2) is 0 Å². The molecule has 72 valence electrons. The summed E-state index contributed by atoms with van der Waals surface area (Å²) in [5.74, 6) is 0. The van der Waals surface area contributed by atoms with Gasteiger partial charge in [-0.25, -0.2) is 4.98 Å². The third kappa shape index (κ3) is 1.85. The molecule has 0 N–H and O–H groups in total. The van der Waals surface area contributed by atoms with Gasteiger partial charge in [-0.1, -0.05) is 0 Å². The van der Waals surface area contributed by atoms with Crippen LogP contribution in [-0.2, 0) is 17.4 Å². The highest BCUT2D eigenvalue weighted by Gasteiger charge is 2.18. The average Bonchev–Trinajstić information content (AvgIpc) is 2.45. The predicted molar refractivity (Wildman–Crippen MR) is 51.9 cm³/mol. The van der Waals surface area contributed by atoms with Crippen molar-refractivity contribution in [3.05, 3.63) is 10.6 Å². The van der Waals surface area contributed by atoms with E-state index in [1.807, 2.05) is 0 Å². The lowest BCUT2D eigenvalue weighted by atomic mass is 10.0. The maximum Gasteiger partial charge on any atom is 0.138 e. The highest BCUT2D eigenvalue weighted by atomic mass is 32.1. The van der Waals surface area contributed by atoms with E-state index in [0.29, 0.717) is 4.75 Å². The summed E-state index contributed by atoms with van der Waals surface area (Å²) in [6.45, 7) is 1.25. The number of thiazole rings is 1. The summed E-state index contributed by atoms with van der Waals surface area (Å²) in [4.78, 5) is 16.6. The van der Waals surface area contributed by atoms with Gasteiger partial charge in [0.1, 0.15) is 4.75 Å². The molecular weight excluding hydrogens is 205 g/mol. The van der Waals surface area contributed by atoms with E-state index in [2.05, 4.69) is 4.98 Å². The topological polar surface area (TPSA) is 53.0 Å². The van der Waals surface area contributed by atoms with E-state index in [4.69, 9.17) is 0 Å². The largest absolute Gasteiger partial charge is 0.795 e. The van der Waals surface area contributed by atoms with Gasteiger partial charge in [0.15, 0.2) is 0 Å². The Kier molecular flexibility index (Phi) is 2.30. The van der Waals surface area contributed by atoms with Crippen molar-refractivity contribution in [2.45, 2.75) is 25.7 Å². The van der Waals surface area contributed by atoms with Gasteiger partial charge in [-0.05, 0) is 32.3 Å². The monoisotopic (exact) mass is 216 g/mol. The minimum absolute atomic E-state index is 0.319. The number of hydrogen-bond donors (Lipinski definition) is 0. The highest BCUT2D eigenvalue weighted by Crippen LogP contribution is 2.34. The molecular formula is C8H11NO2PS-. The first-order chi connectivity index (χ1) is 6.07. The first kappa shape index (κ1) is 9.38. The summed E-state index contributed by atoms with van der Waals surface area (Å²) >= 11 is 1.36. The van der Waals surface area contributed by atoms with Crippen LogP contribution in [0, 0.1) is 0 Å². The molecule has 0 bridgehead atoms. The van der Waals surface area contributed by atoms with Crippen LogP contribution in [0.2, 0.25) is 0 Å². The fourth-order valence-electron chi connectivity index (χ4n) is 1.51. The van der Waals surface area contributed by atoms with Crippen molar-refractivity contribution in [2.75, 3.05) is 6.66 Å². The van der Waals surface area contributed by atoms with Crippen molar-refractivity contribution in [3.8, 4) is 0 Å². The van der Waals surface area contributed by atoms with Crippen LogP contribution in [0.25, 0.3) is 0 Å². The van der Waals surface area contributed by atoms with Gasteiger partial charge in [-0.2, -0.15) is 0 Å². The molecule has 0 spiro atoms. The van der Waals surface area contributed by atoms with Crippen molar-refractivity contribution in [2.24, 2.45) is 0 Å². The molecule has 0 aliphatic heterocycles. The Bertz CT molecular complexity index is 345. The van der Waals surface area contributed by atoms with Crippen molar-refractivity contribution in [3.63, 3.8) is 0 Å². The van der Waals surface area contributed by atoms with Crippen LogP contribution < -0.4 is 9.64 Å². The van der Waals surface area contributed by atoms with Gasteiger partial charge in [0.2, 0.25) is 0 Å². The zero-order valence-corrected chi connectivity index (χ0v) is 9.16. The van der Waals surface area contributed by atoms with Gasteiger partial charge in [0, 0.05) is 4.88 Å². The molecule has 0 saturated carbocycles. The quantitative estimate of drug-likeness (QED) is 0.656. The zero-order chi connectivity index (χ0) is 9.47. The minimum atomic E-state index is -3.37. The van der Waals surface area contributed by atoms with Gasteiger partial charge in [0.05, 0.1) is 13.1 Å². The van der Waals surface area contributed by atoms with Crippen LogP contribution in [0.5, 0.6) is 0 Å². The molecule has 3 nitrogen and oxygen atoms in total. The van der Waals surface area contributed by atoms with Crippen molar-refractivity contribution in [1.29, 1.82) is 0 Å². The third-order valence-corrected chi connectivity index (χ3v) is 5.21. The van der Waals surface area contributed by atoms with Gasteiger partial charge >= 0.3 is 0 Å². The first-order valence-electron chi connectivity index (χ1n) is 4.35. The Labute approximate surface area is 81.3 Å². The second kappa shape index (κ2) is 3.19. The van der Waals surface area contributed by atoms with Crippen LogP contribution >= 0.6 is 18.7 Å². The van der Waals surface area contributed by atoms with Crippen LogP contribution in [-0.4, -0.2) is 11.6 Å². The highest BCUT2D eigenvalue weighted by molar-refractivity contribution is 7.69. The van der Waals surface area contributed by atoms with E-state index >= 15 is 0 Å². The summed E-state index contributed by atoms with van der Waals surface area (Å²) in [5, 5.41) is 0. The molecule has 5 heteroatoms. The van der Waals surface area contributed by atoms with Gasteiger partial charge < -0.3 is 9.46 Å². The van der Waals surface area contributed by atoms with E-state index in [1.165, 1.54) is 29.3 Å². The van der Waals surface area contributed by atoms with Crippen molar-refractivity contribution >= 4 is 23.5 Å². The van der Waals surface area contributed by atoms with E-state index in [0.717, 1.165) is 25.0 Å². The lowest BCUT2D eigenvalue weighted by Gasteiger charge is -2.12. The molecule has 0 amide bonds. The maximum atomic E-state index is 11.2. The molecule has 0 saturated heterocycles. The molecule has 2 rings (SSSR count). The predicted octanol–water partition coefficient (Wildman–Crippen LogP) is 0.915. The van der Waals surface area contributed by atoms with E-state index in [-0.39, 0.29) is 0 Å². The number of aromatic nitrogens is 1. The van der Waals surface area contributed by atoms with Crippen molar-refractivity contribution in [1.82, 2.24) is 4.98 Å². The van der Waals surface area contributed by atoms with Crippen LogP contribution in [0.1, 0.15) is 23.4 Å². The fraction of sp³-hybridized carbons (Fsp3) is 0.625.